The van der Waals surface area contributed by atoms with Crippen molar-refractivity contribution in [1.29, 1.82) is 0 Å². The molecule has 1 amide bonds. The predicted molar refractivity (Wildman–Crippen MR) is 78.4 cm³/mol. The van der Waals surface area contributed by atoms with Gasteiger partial charge in [-0.1, -0.05) is 36.4 Å². The van der Waals surface area contributed by atoms with Gasteiger partial charge in [0.15, 0.2) is 0 Å². The maximum atomic E-state index is 11.7. The molecule has 0 bridgehead atoms. The fourth-order valence-electron chi connectivity index (χ4n) is 1.31. The van der Waals surface area contributed by atoms with Crippen molar-refractivity contribution >= 4 is 21.7 Å². The first-order valence-corrected chi connectivity index (χ1v) is 7.50. The highest BCUT2D eigenvalue weighted by molar-refractivity contribution is 7.86. The summed E-state index contributed by atoms with van der Waals surface area (Å²) in [5.74, 6) is -0.0817. The molecule has 0 aliphatic heterocycles. The van der Waals surface area contributed by atoms with Crippen molar-refractivity contribution in [2.45, 2.75) is 5.51 Å². The molecule has 0 radical (unpaired) electrons. The minimum atomic E-state index is -5.84. The van der Waals surface area contributed by atoms with E-state index in [4.69, 9.17) is 13.0 Å². The van der Waals surface area contributed by atoms with Gasteiger partial charge in [0.2, 0.25) is 0 Å². The van der Waals surface area contributed by atoms with Crippen LogP contribution in [0.1, 0.15) is 10.4 Å². The minimum absolute atomic E-state index is 0.0817. The highest BCUT2D eigenvalue weighted by atomic mass is 32.2. The molecule has 0 aromatic heterocycles. The van der Waals surface area contributed by atoms with Crippen LogP contribution in [-0.4, -0.2) is 24.4 Å². The molecule has 9 heteroatoms. The molecule has 5 nitrogen and oxygen atoms in total. The van der Waals surface area contributed by atoms with E-state index < -0.39 is 15.6 Å². The van der Waals surface area contributed by atoms with E-state index in [9.17, 15) is 18.0 Å². The average Bonchev–Trinajstić information content (AvgIpc) is 2.48. The van der Waals surface area contributed by atoms with E-state index >= 15 is 0 Å². The van der Waals surface area contributed by atoms with E-state index in [1.165, 1.54) is 0 Å². The van der Waals surface area contributed by atoms with Crippen LogP contribution in [0.25, 0.3) is 0 Å². The first-order chi connectivity index (χ1) is 10.6. The highest BCUT2D eigenvalue weighted by Crippen LogP contribution is 2.20. The van der Waals surface area contributed by atoms with Gasteiger partial charge in [0.25, 0.3) is 5.91 Å². The Morgan fingerprint density at radius 1 is 0.913 bits per heavy atom. The standard InChI is InChI=1S/C13H11NO.CHF3O3S/c15-13(11-7-3-1-4-8-11)14-12-9-5-2-6-10-12;2-1(3,4)8(5,6)7/h1-10H,(H,14,15);(H,5,6,7). The Morgan fingerprint density at radius 2 is 1.30 bits per heavy atom. The van der Waals surface area contributed by atoms with Crippen molar-refractivity contribution in [2.24, 2.45) is 0 Å². The summed E-state index contributed by atoms with van der Waals surface area (Å²) < 4.78 is 57.5. The first-order valence-electron chi connectivity index (χ1n) is 6.06. The number of para-hydroxylation sites is 1. The van der Waals surface area contributed by atoms with Crippen LogP contribution in [0, 0.1) is 0 Å². The molecule has 124 valence electrons. The summed E-state index contributed by atoms with van der Waals surface area (Å²) in [7, 11) is -5.84. The third-order valence-corrected chi connectivity index (χ3v) is 2.95. The van der Waals surface area contributed by atoms with Crippen LogP contribution in [0.5, 0.6) is 0 Å². The Labute approximate surface area is 130 Å². The van der Waals surface area contributed by atoms with Gasteiger partial charge in [-0.05, 0) is 24.3 Å². The summed E-state index contributed by atoms with van der Waals surface area (Å²) in [6.07, 6.45) is 0. The molecule has 0 saturated heterocycles. The lowest BCUT2D eigenvalue weighted by Gasteiger charge is -2.03. The largest absolute Gasteiger partial charge is 0.522 e. The van der Waals surface area contributed by atoms with E-state index in [1.54, 1.807) is 12.1 Å². The van der Waals surface area contributed by atoms with Crippen LogP contribution in [0.4, 0.5) is 18.9 Å². The number of nitrogens with one attached hydrogen (secondary N) is 1. The Hall–Kier alpha value is -2.39. The summed E-state index contributed by atoms with van der Waals surface area (Å²) in [6.45, 7) is 0. The third kappa shape index (κ3) is 6.49. The van der Waals surface area contributed by atoms with Crippen molar-refractivity contribution < 1.29 is 30.9 Å². The summed E-state index contributed by atoms with van der Waals surface area (Å²) in [6, 6.07) is 18.6. The van der Waals surface area contributed by atoms with Gasteiger partial charge in [-0.3, -0.25) is 9.35 Å². The second-order valence-corrected chi connectivity index (χ2v) is 5.52. The van der Waals surface area contributed by atoms with Gasteiger partial charge in [-0.2, -0.15) is 21.6 Å². The van der Waals surface area contributed by atoms with Gasteiger partial charge in [-0.25, -0.2) is 0 Å². The molecule has 0 fully saturated rings. The van der Waals surface area contributed by atoms with Crippen LogP contribution in [0.15, 0.2) is 60.7 Å². The summed E-state index contributed by atoms with van der Waals surface area (Å²) >= 11 is 0. The molecular weight excluding hydrogens is 335 g/mol. The maximum absolute atomic E-state index is 11.7. The molecular formula is C14H12F3NO4S. The van der Waals surface area contributed by atoms with Crippen molar-refractivity contribution in [3.05, 3.63) is 66.2 Å². The fourth-order valence-corrected chi connectivity index (χ4v) is 1.31. The van der Waals surface area contributed by atoms with Gasteiger partial charge in [0, 0.05) is 11.3 Å². The minimum Gasteiger partial charge on any atom is -0.322 e. The summed E-state index contributed by atoms with van der Waals surface area (Å²) in [4.78, 5) is 11.7. The molecule has 0 aliphatic rings. The lowest BCUT2D eigenvalue weighted by Crippen LogP contribution is -2.21. The Bertz CT molecular complexity index is 732. The molecule has 0 spiro atoms. The molecule has 0 aliphatic carbocycles. The van der Waals surface area contributed by atoms with Crippen molar-refractivity contribution in [2.75, 3.05) is 5.32 Å². The Morgan fingerprint density at radius 3 is 1.70 bits per heavy atom. The van der Waals surface area contributed by atoms with E-state index in [0.29, 0.717) is 5.56 Å². The van der Waals surface area contributed by atoms with Crippen LogP contribution >= 0.6 is 0 Å². The SMILES string of the molecule is O=C(Nc1ccccc1)c1ccccc1.O=S(=O)(O)C(F)(F)F. The predicted octanol–water partition coefficient (Wildman–Crippen LogP) is 3.33. The van der Waals surface area contributed by atoms with E-state index in [-0.39, 0.29) is 5.91 Å². The highest BCUT2D eigenvalue weighted by Gasteiger charge is 2.44. The second kappa shape index (κ2) is 7.75. The van der Waals surface area contributed by atoms with Gasteiger partial charge in [0.1, 0.15) is 0 Å². The quantitative estimate of drug-likeness (QED) is 0.645. The number of amides is 1. The second-order valence-electron chi connectivity index (χ2n) is 4.11. The topological polar surface area (TPSA) is 83.5 Å². The number of benzene rings is 2. The molecule has 2 aromatic carbocycles. The fraction of sp³-hybridized carbons (Fsp3) is 0.0714. The molecule has 23 heavy (non-hydrogen) atoms. The number of alkyl halides is 3. The maximum Gasteiger partial charge on any atom is 0.522 e. The van der Waals surface area contributed by atoms with Crippen molar-refractivity contribution in [3.8, 4) is 0 Å². The molecule has 0 heterocycles. The summed E-state index contributed by atoms with van der Waals surface area (Å²) in [5, 5.41) is 2.82. The zero-order chi connectivity index (χ0) is 17.5. The van der Waals surface area contributed by atoms with Crippen LogP contribution in [0.3, 0.4) is 0 Å². The van der Waals surface area contributed by atoms with Gasteiger partial charge in [0.05, 0.1) is 0 Å². The van der Waals surface area contributed by atoms with Crippen LogP contribution < -0.4 is 5.32 Å². The van der Waals surface area contributed by atoms with E-state index in [2.05, 4.69) is 5.32 Å². The smallest absolute Gasteiger partial charge is 0.322 e. The number of anilines is 1. The van der Waals surface area contributed by atoms with Crippen LogP contribution in [-0.2, 0) is 10.1 Å². The number of carbonyl (C=O) groups excluding carboxylic acids is 1. The van der Waals surface area contributed by atoms with Gasteiger partial charge >= 0.3 is 15.6 Å². The van der Waals surface area contributed by atoms with Crippen LogP contribution in [0.2, 0.25) is 0 Å². The van der Waals surface area contributed by atoms with Gasteiger partial charge in [-0.15, -0.1) is 0 Å². The lowest BCUT2D eigenvalue weighted by atomic mass is 10.2. The molecule has 2 rings (SSSR count). The van der Waals surface area contributed by atoms with Crippen molar-refractivity contribution in [1.82, 2.24) is 0 Å². The molecule has 2 aromatic rings. The zero-order valence-electron chi connectivity index (χ0n) is 11.5. The molecule has 0 unspecified atom stereocenters. The Balaban J connectivity index is 0.000000284. The summed E-state index contributed by atoms with van der Waals surface area (Å²) in [5.41, 5.74) is -4.06. The molecule has 0 atom stereocenters. The normalized spacial score (nSPS) is 11.1. The first kappa shape index (κ1) is 18.7. The molecule has 2 N–H and O–H groups in total. The number of hydrogen-bond acceptors (Lipinski definition) is 3. The number of halogens is 3. The monoisotopic (exact) mass is 347 g/mol. The van der Waals surface area contributed by atoms with E-state index in [0.717, 1.165) is 5.69 Å². The van der Waals surface area contributed by atoms with Crippen molar-refractivity contribution in [3.63, 3.8) is 0 Å². The number of carbonyl (C=O) groups is 1. The van der Waals surface area contributed by atoms with Gasteiger partial charge < -0.3 is 5.32 Å². The molecule has 0 saturated carbocycles. The third-order valence-electron chi connectivity index (χ3n) is 2.36. The zero-order valence-corrected chi connectivity index (χ0v) is 12.3. The number of rotatable bonds is 2. The Kier molecular flexibility index (Phi) is 6.28. The van der Waals surface area contributed by atoms with E-state index in [1.807, 2.05) is 48.5 Å². The number of hydrogen-bond donors (Lipinski definition) is 2. The average molecular weight is 347 g/mol. The lowest BCUT2D eigenvalue weighted by molar-refractivity contribution is -0.0510.